The number of hydrogen-bond donors (Lipinski definition) is 1. The molecule has 1 aliphatic heterocycles. The maximum Gasteiger partial charge on any atom is 0.249 e. The van der Waals surface area contributed by atoms with Crippen molar-refractivity contribution in [3.8, 4) is 0 Å². The van der Waals surface area contributed by atoms with Crippen LogP contribution in [0.25, 0.3) is 10.9 Å². The third-order valence-electron chi connectivity index (χ3n) is 3.97. The Bertz CT molecular complexity index is 688. The summed E-state index contributed by atoms with van der Waals surface area (Å²) in [5, 5.41) is 1.11. The number of fused-ring (bicyclic) bond motifs is 1. The number of pyridine rings is 1. The molecule has 0 radical (unpaired) electrons. The molecule has 4 nitrogen and oxygen atoms in total. The highest BCUT2D eigenvalue weighted by atomic mass is 16.1. The fraction of sp³-hybridized carbons (Fsp3) is 0.375. The van der Waals surface area contributed by atoms with E-state index in [-0.39, 0.29) is 0 Å². The SMILES string of the molecule is Cc1cc(N2CCCC2)c2cc(C)c(C(N)=O)cc2n1. The minimum Gasteiger partial charge on any atom is -0.371 e. The molecule has 1 amide bonds. The molecule has 2 heterocycles. The van der Waals surface area contributed by atoms with Gasteiger partial charge in [-0.2, -0.15) is 0 Å². The lowest BCUT2D eigenvalue weighted by atomic mass is 10.0. The summed E-state index contributed by atoms with van der Waals surface area (Å²) in [4.78, 5) is 18.4. The maximum atomic E-state index is 11.5. The molecule has 1 aliphatic rings. The van der Waals surface area contributed by atoms with E-state index in [1.165, 1.54) is 18.5 Å². The van der Waals surface area contributed by atoms with Crippen LogP contribution in [0.1, 0.15) is 34.5 Å². The smallest absolute Gasteiger partial charge is 0.249 e. The van der Waals surface area contributed by atoms with Crippen LogP contribution in [-0.2, 0) is 0 Å². The lowest BCUT2D eigenvalue weighted by Crippen LogP contribution is -2.19. The van der Waals surface area contributed by atoms with Gasteiger partial charge in [-0.3, -0.25) is 9.78 Å². The van der Waals surface area contributed by atoms with E-state index in [1.54, 1.807) is 0 Å². The third-order valence-corrected chi connectivity index (χ3v) is 3.97. The van der Waals surface area contributed by atoms with Crippen molar-refractivity contribution in [2.75, 3.05) is 18.0 Å². The number of primary amides is 1. The van der Waals surface area contributed by atoms with Crippen LogP contribution in [0.5, 0.6) is 0 Å². The number of aromatic nitrogens is 1. The van der Waals surface area contributed by atoms with Crippen LogP contribution < -0.4 is 10.6 Å². The summed E-state index contributed by atoms with van der Waals surface area (Å²) in [5.41, 5.74) is 9.95. The second-order valence-corrected chi connectivity index (χ2v) is 5.53. The quantitative estimate of drug-likeness (QED) is 0.911. The van der Waals surface area contributed by atoms with Crippen LogP contribution in [0.2, 0.25) is 0 Å². The van der Waals surface area contributed by atoms with Gasteiger partial charge in [0.25, 0.3) is 0 Å². The first kappa shape index (κ1) is 12.9. The van der Waals surface area contributed by atoms with Gasteiger partial charge >= 0.3 is 0 Å². The molecule has 104 valence electrons. The van der Waals surface area contributed by atoms with Crippen molar-refractivity contribution >= 4 is 22.5 Å². The Balaban J connectivity index is 2.25. The first-order chi connectivity index (χ1) is 9.56. The molecule has 1 saturated heterocycles. The molecule has 4 heteroatoms. The second-order valence-electron chi connectivity index (χ2n) is 5.53. The minimum atomic E-state index is -0.393. The number of rotatable bonds is 2. The van der Waals surface area contributed by atoms with Gasteiger partial charge in [0, 0.05) is 35.4 Å². The van der Waals surface area contributed by atoms with Gasteiger partial charge in [0.15, 0.2) is 0 Å². The summed E-state index contributed by atoms with van der Waals surface area (Å²) in [7, 11) is 0. The fourth-order valence-electron chi connectivity index (χ4n) is 2.98. The van der Waals surface area contributed by atoms with Gasteiger partial charge in [-0.1, -0.05) is 0 Å². The van der Waals surface area contributed by atoms with Crippen molar-refractivity contribution < 1.29 is 4.79 Å². The lowest BCUT2D eigenvalue weighted by molar-refractivity contribution is 0.1000. The Labute approximate surface area is 118 Å². The van der Waals surface area contributed by atoms with Crippen LogP contribution in [0.15, 0.2) is 18.2 Å². The zero-order valence-electron chi connectivity index (χ0n) is 11.9. The van der Waals surface area contributed by atoms with Crippen LogP contribution in [0.4, 0.5) is 5.69 Å². The van der Waals surface area contributed by atoms with Gasteiger partial charge in [0.05, 0.1) is 5.52 Å². The monoisotopic (exact) mass is 269 g/mol. The predicted molar refractivity (Wildman–Crippen MR) is 81.2 cm³/mol. The zero-order chi connectivity index (χ0) is 14.3. The fourth-order valence-corrected chi connectivity index (χ4v) is 2.98. The molecule has 2 aromatic rings. The molecular formula is C16H19N3O. The molecule has 0 aliphatic carbocycles. The molecular weight excluding hydrogens is 250 g/mol. The largest absolute Gasteiger partial charge is 0.371 e. The summed E-state index contributed by atoms with van der Waals surface area (Å²) < 4.78 is 0. The number of carbonyl (C=O) groups excluding carboxylic acids is 1. The highest BCUT2D eigenvalue weighted by Crippen LogP contribution is 2.31. The standard InChI is InChI=1S/C16H19N3O/c1-10-7-13-14(9-12(10)16(17)20)18-11(2)8-15(13)19-5-3-4-6-19/h7-9H,3-6H2,1-2H3,(H2,17,20). The molecule has 1 fully saturated rings. The van der Waals surface area contributed by atoms with E-state index in [1.807, 2.05) is 26.0 Å². The first-order valence-electron chi connectivity index (χ1n) is 7.03. The summed E-state index contributed by atoms with van der Waals surface area (Å²) in [6.07, 6.45) is 2.47. The normalized spacial score (nSPS) is 15.0. The molecule has 20 heavy (non-hydrogen) atoms. The summed E-state index contributed by atoms with van der Waals surface area (Å²) >= 11 is 0. The summed E-state index contributed by atoms with van der Waals surface area (Å²) in [6, 6.07) is 5.99. The first-order valence-corrected chi connectivity index (χ1v) is 7.03. The summed E-state index contributed by atoms with van der Waals surface area (Å²) in [6.45, 7) is 6.10. The lowest BCUT2D eigenvalue weighted by Gasteiger charge is -2.21. The Hall–Kier alpha value is -2.10. The Morgan fingerprint density at radius 1 is 1.20 bits per heavy atom. The van der Waals surface area contributed by atoms with Crippen molar-refractivity contribution in [3.63, 3.8) is 0 Å². The second kappa shape index (κ2) is 4.78. The zero-order valence-corrected chi connectivity index (χ0v) is 11.9. The van der Waals surface area contributed by atoms with Crippen molar-refractivity contribution in [2.24, 2.45) is 5.73 Å². The van der Waals surface area contributed by atoms with E-state index in [0.29, 0.717) is 5.56 Å². The van der Waals surface area contributed by atoms with Gasteiger partial charge in [0.2, 0.25) is 5.91 Å². The number of aryl methyl sites for hydroxylation is 2. The van der Waals surface area contributed by atoms with Gasteiger partial charge < -0.3 is 10.6 Å². The number of benzene rings is 1. The highest BCUT2D eigenvalue weighted by molar-refractivity contribution is 6.01. The van der Waals surface area contributed by atoms with E-state index in [9.17, 15) is 4.79 Å². The highest BCUT2D eigenvalue weighted by Gasteiger charge is 2.17. The average Bonchev–Trinajstić information content (AvgIpc) is 2.91. The average molecular weight is 269 g/mol. The Morgan fingerprint density at radius 3 is 2.55 bits per heavy atom. The van der Waals surface area contributed by atoms with Crippen LogP contribution in [-0.4, -0.2) is 24.0 Å². The van der Waals surface area contributed by atoms with E-state index in [2.05, 4.69) is 16.0 Å². The molecule has 0 spiro atoms. The van der Waals surface area contributed by atoms with Gasteiger partial charge in [-0.25, -0.2) is 0 Å². The van der Waals surface area contributed by atoms with Gasteiger partial charge in [-0.05, 0) is 50.5 Å². The molecule has 1 aromatic heterocycles. The maximum absolute atomic E-state index is 11.5. The van der Waals surface area contributed by atoms with E-state index >= 15 is 0 Å². The minimum absolute atomic E-state index is 0.393. The number of anilines is 1. The van der Waals surface area contributed by atoms with E-state index in [4.69, 9.17) is 5.73 Å². The van der Waals surface area contributed by atoms with Gasteiger partial charge in [0.1, 0.15) is 0 Å². The number of amides is 1. The van der Waals surface area contributed by atoms with Crippen LogP contribution in [0.3, 0.4) is 0 Å². The van der Waals surface area contributed by atoms with Crippen molar-refractivity contribution in [3.05, 3.63) is 35.0 Å². The summed E-state index contributed by atoms with van der Waals surface area (Å²) in [5.74, 6) is -0.393. The molecule has 0 saturated carbocycles. The number of hydrogen-bond acceptors (Lipinski definition) is 3. The van der Waals surface area contributed by atoms with Crippen molar-refractivity contribution in [1.82, 2.24) is 4.98 Å². The Kier molecular flexibility index (Phi) is 3.08. The molecule has 0 bridgehead atoms. The molecule has 1 aromatic carbocycles. The molecule has 3 rings (SSSR count). The number of nitrogens with zero attached hydrogens (tertiary/aromatic N) is 2. The van der Waals surface area contributed by atoms with Crippen LogP contribution >= 0.6 is 0 Å². The Morgan fingerprint density at radius 2 is 1.90 bits per heavy atom. The van der Waals surface area contributed by atoms with Gasteiger partial charge in [-0.15, -0.1) is 0 Å². The molecule has 0 atom stereocenters. The van der Waals surface area contributed by atoms with E-state index < -0.39 is 5.91 Å². The molecule has 0 unspecified atom stereocenters. The van der Waals surface area contributed by atoms with E-state index in [0.717, 1.165) is 35.2 Å². The predicted octanol–water partition coefficient (Wildman–Crippen LogP) is 2.55. The van der Waals surface area contributed by atoms with Crippen molar-refractivity contribution in [2.45, 2.75) is 26.7 Å². The van der Waals surface area contributed by atoms with Crippen molar-refractivity contribution in [1.29, 1.82) is 0 Å². The number of nitrogens with two attached hydrogens (primary N) is 1. The topological polar surface area (TPSA) is 59.2 Å². The van der Waals surface area contributed by atoms with Crippen LogP contribution in [0, 0.1) is 13.8 Å². The molecule has 2 N–H and O–H groups in total. The third kappa shape index (κ3) is 2.11. The number of carbonyl (C=O) groups is 1.